The van der Waals surface area contributed by atoms with Crippen molar-refractivity contribution in [2.75, 3.05) is 0 Å². The van der Waals surface area contributed by atoms with E-state index in [9.17, 15) is 14.0 Å². The van der Waals surface area contributed by atoms with Crippen molar-refractivity contribution >= 4 is 33.9 Å². The van der Waals surface area contributed by atoms with Gasteiger partial charge in [0.1, 0.15) is 11.5 Å². The quantitative estimate of drug-likeness (QED) is 0.634. The summed E-state index contributed by atoms with van der Waals surface area (Å²) >= 11 is 2.64. The van der Waals surface area contributed by atoms with E-state index in [0.717, 1.165) is 6.08 Å². The first-order valence-electron chi connectivity index (χ1n) is 4.91. The van der Waals surface area contributed by atoms with Crippen LogP contribution in [0.5, 0.6) is 11.5 Å². The number of halogens is 2. The van der Waals surface area contributed by atoms with Gasteiger partial charge in [0.25, 0.3) is 0 Å². The first-order valence-corrected chi connectivity index (χ1v) is 5.71. The zero-order chi connectivity index (χ0) is 13.7. The average Bonchev–Trinajstić information content (AvgIpc) is 2.12. The number of ether oxygens (including phenoxy) is 2. The van der Waals surface area contributed by atoms with Crippen LogP contribution < -0.4 is 9.47 Å². The van der Waals surface area contributed by atoms with Crippen molar-refractivity contribution in [3.05, 3.63) is 28.5 Å². The van der Waals surface area contributed by atoms with Crippen LogP contribution in [-0.2, 0) is 9.59 Å². The van der Waals surface area contributed by atoms with Gasteiger partial charge in [-0.2, -0.15) is 4.39 Å². The number of carbonyl (C=O) groups excluding carboxylic acids is 2. The summed E-state index contributed by atoms with van der Waals surface area (Å²) < 4.78 is 21.9. The molecule has 0 unspecified atom stereocenters. The third-order valence-corrected chi connectivity index (χ3v) is 1.93. The first-order chi connectivity index (χ1) is 8.36. The molecule has 0 saturated heterocycles. The molecular weight excluding hydrogens is 307 g/mol. The third kappa shape index (κ3) is 5.09. The van der Waals surface area contributed by atoms with Gasteiger partial charge in [0.2, 0.25) is 0 Å². The maximum Gasteiger partial charge on any atom is 0.308 e. The Kier molecular flexibility index (Phi) is 5.03. The van der Waals surface area contributed by atoms with E-state index in [1.807, 2.05) is 0 Å². The van der Waals surface area contributed by atoms with Crippen molar-refractivity contribution in [3.63, 3.8) is 0 Å². The van der Waals surface area contributed by atoms with E-state index >= 15 is 0 Å². The van der Waals surface area contributed by atoms with Crippen LogP contribution in [0.2, 0.25) is 0 Å². The lowest BCUT2D eigenvalue weighted by Crippen LogP contribution is -2.04. The van der Waals surface area contributed by atoms with Crippen molar-refractivity contribution in [1.29, 1.82) is 0 Å². The molecule has 0 amide bonds. The Hall–Kier alpha value is -1.69. The molecule has 0 aliphatic rings. The summed E-state index contributed by atoms with van der Waals surface area (Å²) in [5.74, 6) is -0.712. The Morgan fingerprint density at radius 1 is 1.11 bits per heavy atom. The summed E-state index contributed by atoms with van der Waals surface area (Å²) in [7, 11) is 0. The fourth-order valence-corrected chi connectivity index (χ4v) is 1.52. The zero-order valence-corrected chi connectivity index (χ0v) is 11.3. The number of carbonyl (C=O) groups is 2. The second-order valence-electron chi connectivity index (χ2n) is 3.36. The smallest absolute Gasteiger partial charge is 0.308 e. The Morgan fingerprint density at radius 2 is 1.56 bits per heavy atom. The van der Waals surface area contributed by atoms with Gasteiger partial charge in [0.15, 0.2) is 4.74 Å². The molecule has 0 spiro atoms. The second-order valence-corrected chi connectivity index (χ2v) is 4.12. The van der Waals surface area contributed by atoms with Crippen LogP contribution in [0.25, 0.3) is 6.08 Å². The third-order valence-electron chi connectivity index (χ3n) is 1.70. The molecule has 1 aromatic rings. The van der Waals surface area contributed by atoms with E-state index in [4.69, 9.17) is 9.47 Å². The molecule has 6 heteroatoms. The van der Waals surface area contributed by atoms with Crippen LogP contribution in [0.4, 0.5) is 4.39 Å². The van der Waals surface area contributed by atoms with Gasteiger partial charge in [0, 0.05) is 19.9 Å². The molecule has 0 aliphatic carbocycles. The molecule has 96 valence electrons. The van der Waals surface area contributed by atoms with E-state index in [0.29, 0.717) is 5.56 Å². The summed E-state index contributed by atoms with van der Waals surface area (Å²) in [6, 6.07) is 4.25. The zero-order valence-electron chi connectivity index (χ0n) is 9.70. The lowest BCUT2D eigenvalue weighted by atomic mass is 10.2. The molecule has 0 atom stereocenters. The maximum atomic E-state index is 12.7. The van der Waals surface area contributed by atoms with E-state index in [1.54, 1.807) is 0 Å². The summed E-state index contributed by atoms with van der Waals surface area (Å²) in [6.45, 7) is 2.47. The minimum absolute atomic E-state index is 0.168. The standard InChI is InChI=1S/C12H10BrFO4/c1-7(15)17-10-3-9(5-12(13)14)4-11(6-10)18-8(2)16/h3-6H,1-2H3/b12-5+. The topological polar surface area (TPSA) is 52.6 Å². The van der Waals surface area contributed by atoms with Crippen molar-refractivity contribution in [2.45, 2.75) is 13.8 Å². The number of benzene rings is 1. The number of esters is 2. The summed E-state index contributed by atoms with van der Waals surface area (Å²) in [5, 5.41) is 0. The molecule has 1 rings (SSSR count). The summed E-state index contributed by atoms with van der Waals surface area (Å²) in [4.78, 5) is 21.7. The normalized spacial score (nSPS) is 11.0. The monoisotopic (exact) mass is 316 g/mol. The molecule has 0 saturated carbocycles. The van der Waals surface area contributed by atoms with Gasteiger partial charge < -0.3 is 9.47 Å². The molecule has 4 nitrogen and oxygen atoms in total. The highest BCUT2D eigenvalue weighted by molar-refractivity contribution is 9.11. The number of hydrogen-bond donors (Lipinski definition) is 0. The van der Waals surface area contributed by atoms with Crippen LogP contribution in [0.1, 0.15) is 19.4 Å². The molecule has 1 aromatic carbocycles. The molecule has 0 N–H and O–H groups in total. The minimum Gasteiger partial charge on any atom is -0.427 e. The molecule has 0 radical (unpaired) electrons. The Balaban J connectivity index is 3.14. The average molecular weight is 317 g/mol. The van der Waals surface area contributed by atoms with E-state index in [1.165, 1.54) is 32.0 Å². The van der Waals surface area contributed by atoms with E-state index in [2.05, 4.69) is 15.9 Å². The van der Waals surface area contributed by atoms with Gasteiger partial charge in [-0.05, 0) is 39.7 Å². The van der Waals surface area contributed by atoms with Crippen molar-refractivity contribution in [2.24, 2.45) is 0 Å². The molecule has 0 bridgehead atoms. The Labute approximate surface area is 112 Å². The summed E-state index contributed by atoms with van der Waals surface area (Å²) in [5.41, 5.74) is 0.388. The molecule has 0 aromatic heterocycles. The van der Waals surface area contributed by atoms with E-state index < -0.39 is 16.7 Å². The fourth-order valence-electron chi connectivity index (χ4n) is 1.25. The number of hydrogen-bond acceptors (Lipinski definition) is 4. The predicted octanol–water partition coefficient (Wildman–Crippen LogP) is 3.20. The highest BCUT2D eigenvalue weighted by Crippen LogP contribution is 2.26. The minimum atomic E-state index is -0.601. The van der Waals surface area contributed by atoms with Crippen LogP contribution in [0, 0.1) is 0 Å². The lowest BCUT2D eigenvalue weighted by molar-refractivity contribution is -0.132. The molecule has 0 fully saturated rings. The van der Waals surface area contributed by atoms with Gasteiger partial charge in [0.05, 0.1) is 0 Å². The predicted molar refractivity (Wildman–Crippen MR) is 67.1 cm³/mol. The molecule has 0 aliphatic heterocycles. The van der Waals surface area contributed by atoms with E-state index in [-0.39, 0.29) is 11.5 Å². The van der Waals surface area contributed by atoms with Crippen molar-refractivity contribution in [3.8, 4) is 11.5 Å². The second kappa shape index (κ2) is 6.30. The van der Waals surface area contributed by atoms with Gasteiger partial charge >= 0.3 is 11.9 Å². The lowest BCUT2D eigenvalue weighted by Gasteiger charge is -2.07. The van der Waals surface area contributed by atoms with Gasteiger partial charge in [-0.3, -0.25) is 9.59 Å². The highest BCUT2D eigenvalue weighted by atomic mass is 79.9. The molecule has 0 heterocycles. The number of rotatable bonds is 3. The van der Waals surface area contributed by atoms with Crippen LogP contribution >= 0.6 is 15.9 Å². The van der Waals surface area contributed by atoms with Crippen molar-refractivity contribution < 1.29 is 23.5 Å². The van der Waals surface area contributed by atoms with Gasteiger partial charge in [-0.15, -0.1) is 0 Å². The maximum absolute atomic E-state index is 12.7. The van der Waals surface area contributed by atoms with Crippen LogP contribution in [0.3, 0.4) is 0 Å². The highest BCUT2D eigenvalue weighted by Gasteiger charge is 2.06. The van der Waals surface area contributed by atoms with Crippen molar-refractivity contribution in [1.82, 2.24) is 0 Å². The SMILES string of the molecule is CC(=O)Oc1cc(/C=C(/F)Br)cc(OC(C)=O)c1. The summed E-state index contributed by atoms with van der Waals surface area (Å²) in [6.07, 6.45) is 1.15. The Morgan fingerprint density at radius 3 is 1.89 bits per heavy atom. The van der Waals surface area contributed by atoms with Gasteiger partial charge in [-0.25, -0.2) is 0 Å². The van der Waals surface area contributed by atoms with Crippen LogP contribution in [0.15, 0.2) is 22.9 Å². The Bertz CT molecular complexity index is 473. The first kappa shape index (κ1) is 14.4. The fraction of sp³-hybridized carbons (Fsp3) is 0.167. The largest absolute Gasteiger partial charge is 0.427 e. The molecule has 18 heavy (non-hydrogen) atoms. The van der Waals surface area contributed by atoms with Gasteiger partial charge in [-0.1, -0.05) is 0 Å². The molecular formula is C12H10BrFO4. The van der Waals surface area contributed by atoms with Crippen LogP contribution in [-0.4, -0.2) is 11.9 Å².